The summed E-state index contributed by atoms with van der Waals surface area (Å²) in [5.74, 6) is 0.534. The first kappa shape index (κ1) is 7.02. The van der Waals surface area contributed by atoms with Crippen molar-refractivity contribution in [3.8, 4) is 0 Å². The lowest BCUT2D eigenvalue weighted by molar-refractivity contribution is 0.0848. The van der Waals surface area contributed by atoms with Crippen LogP contribution in [0.2, 0.25) is 0 Å². The lowest BCUT2D eigenvalue weighted by Crippen LogP contribution is -2.24. The van der Waals surface area contributed by atoms with Gasteiger partial charge in [-0.3, -0.25) is 4.57 Å². The van der Waals surface area contributed by atoms with Gasteiger partial charge in [0.25, 0.3) is 6.35 Å². The number of imidazole rings is 1. The summed E-state index contributed by atoms with van der Waals surface area (Å²) in [5, 5.41) is 2.92. The third-order valence-electron chi connectivity index (χ3n) is 1.62. The van der Waals surface area contributed by atoms with Gasteiger partial charge in [-0.15, -0.1) is 0 Å². The molecule has 0 spiro atoms. The predicted molar refractivity (Wildman–Crippen MR) is 42.5 cm³/mol. The molecule has 12 heavy (non-hydrogen) atoms. The molecule has 1 aromatic rings. The molecule has 5 nitrogen and oxygen atoms in total. The van der Waals surface area contributed by atoms with Crippen molar-refractivity contribution < 1.29 is 4.74 Å². The molecule has 0 aliphatic carbocycles. The Balaban J connectivity index is 2.13. The molecule has 2 heterocycles. The van der Waals surface area contributed by atoms with E-state index in [0.717, 1.165) is 5.69 Å². The largest absolute Gasteiger partial charge is 0.456 e. The second-order valence-electron chi connectivity index (χ2n) is 2.67. The van der Waals surface area contributed by atoms with Crippen molar-refractivity contribution in [2.45, 2.75) is 13.3 Å². The molecule has 0 saturated heterocycles. The fourth-order valence-corrected chi connectivity index (χ4v) is 1.06. The topological polar surface area (TPSA) is 65.1 Å². The lowest BCUT2D eigenvalue weighted by atomic mass is 10.6. The van der Waals surface area contributed by atoms with Crippen LogP contribution in [0.15, 0.2) is 24.6 Å². The summed E-state index contributed by atoms with van der Waals surface area (Å²) in [4.78, 5) is 4.07. The molecule has 3 N–H and O–H groups in total. The molecule has 1 aliphatic rings. The third-order valence-corrected chi connectivity index (χ3v) is 1.62. The number of rotatable bonds is 1. The van der Waals surface area contributed by atoms with Crippen molar-refractivity contribution in [1.82, 2.24) is 14.9 Å². The van der Waals surface area contributed by atoms with Crippen LogP contribution >= 0.6 is 0 Å². The zero-order valence-corrected chi connectivity index (χ0v) is 6.69. The molecule has 5 heteroatoms. The van der Waals surface area contributed by atoms with Crippen molar-refractivity contribution in [1.29, 1.82) is 0 Å². The molecule has 1 aliphatic heterocycles. The zero-order chi connectivity index (χ0) is 8.55. The number of nitrogens with one attached hydrogen (secondary N) is 1. The molecule has 1 aromatic heterocycles. The van der Waals surface area contributed by atoms with Gasteiger partial charge in [-0.05, 0) is 6.92 Å². The van der Waals surface area contributed by atoms with Crippen molar-refractivity contribution >= 4 is 0 Å². The summed E-state index contributed by atoms with van der Waals surface area (Å²) >= 11 is 0. The molecule has 1 atom stereocenters. The van der Waals surface area contributed by atoms with Crippen molar-refractivity contribution in [3.63, 3.8) is 0 Å². The van der Waals surface area contributed by atoms with Crippen molar-refractivity contribution in [2.24, 2.45) is 5.73 Å². The molecular weight excluding hydrogens is 156 g/mol. The molecule has 0 saturated carbocycles. The average molecular weight is 166 g/mol. The van der Waals surface area contributed by atoms with E-state index in [2.05, 4.69) is 10.3 Å². The van der Waals surface area contributed by atoms with Crippen LogP contribution in [0.5, 0.6) is 0 Å². The number of aromatic nitrogens is 2. The van der Waals surface area contributed by atoms with E-state index in [1.165, 1.54) is 6.26 Å². The van der Waals surface area contributed by atoms with Crippen LogP contribution in [-0.2, 0) is 4.74 Å². The maximum atomic E-state index is 5.46. The molecule has 64 valence electrons. The number of ether oxygens (including phenoxy) is 1. The number of hydrogen-bond donors (Lipinski definition) is 2. The fraction of sp³-hybridized carbons (Fsp3) is 0.286. The Bertz CT molecular complexity index is 317. The summed E-state index contributed by atoms with van der Waals surface area (Å²) in [6.07, 6.45) is 4.81. The summed E-state index contributed by atoms with van der Waals surface area (Å²) in [7, 11) is 0. The van der Waals surface area contributed by atoms with Gasteiger partial charge in [0.05, 0.1) is 12.0 Å². The van der Waals surface area contributed by atoms with E-state index in [0.29, 0.717) is 5.82 Å². The highest BCUT2D eigenvalue weighted by Crippen LogP contribution is 2.12. The summed E-state index contributed by atoms with van der Waals surface area (Å²) in [5.41, 5.74) is 6.41. The molecule has 0 aromatic carbocycles. The molecular formula is C7H10N4O. The van der Waals surface area contributed by atoms with Gasteiger partial charge in [-0.25, -0.2) is 4.98 Å². The van der Waals surface area contributed by atoms with Gasteiger partial charge >= 0.3 is 0 Å². The second-order valence-corrected chi connectivity index (χ2v) is 2.67. The molecule has 2 rings (SSSR count). The summed E-state index contributed by atoms with van der Waals surface area (Å²) < 4.78 is 7.00. The molecule has 0 fully saturated rings. The van der Waals surface area contributed by atoms with Crippen LogP contribution in [0.4, 0.5) is 0 Å². The number of hydrogen-bond acceptors (Lipinski definition) is 4. The van der Waals surface area contributed by atoms with Crippen LogP contribution in [-0.4, -0.2) is 9.55 Å². The molecule has 1 unspecified atom stereocenters. The van der Waals surface area contributed by atoms with Gasteiger partial charge in [0.2, 0.25) is 0 Å². The minimum Gasteiger partial charge on any atom is -0.456 e. The van der Waals surface area contributed by atoms with Crippen LogP contribution in [0.25, 0.3) is 0 Å². The van der Waals surface area contributed by atoms with E-state index in [1.54, 1.807) is 6.33 Å². The van der Waals surface area contributed by atoms with E-state index in [9.17, 15) is 0 Å². The summed E-state index contributed by atoms with van der Waals surface area (Å²) in [6.45, 7) is 1.92. The standard InChI is InChI=1S/C7H10N4O/c1-5-2-11(4-9-5)7-10-6(8)3-12-7/h2-4,7,10H,8H2,1H3. The number of nitrogens with zero attached hydrogens (tertiary/aromatic N) is 2. The van der Waals surface area contributed by atoms with E-state index < -0.39 is 0 Å². The lowest BCUT2D eigenvalue weighted by Gasteiger charge is -2.11. The maximum Gasteiger partial charge on any atom is 0.256 e. The maximum absolute atomic E-state index is 5.46. The monoisotopic (exact) mass is 166 g/mol. The van der Waals surface area contributed by atoms with Gasteiger partial charge in [0.1, 0.15) is 12.1 Å². The fourth-order valence-electron chi connectivity index (χ4n) is 1.06. The minimum absolute atomic E-state index is 0.244. The Morgan fingerprint density at radius 1 is 1.75 bits per heavy atom. The van der Waals surface area contributed by atoms with Crippen molar-refractivity contribution in [2.75, 3.05) is 0 Å². The second kappa shape index (κ2) is 2.44. The normalized spacial score (nSPS) is 21.4. The van der Waals surface area contributed by atoms with Gasteiger partial charge in [-0.1, -0.05) is 0 Å². The van der Waals surface area contributed by atoms with Crippen LogP contribution in [0, 0.1) is 6.92 Å². The van der Waals surface area contributed by atoms with E-state index in [1.807, 2.05) is 17.7 Å². The third kappa shape index (κ3) is 1.09. The first-order chi connectivity index (χ1) is 5.75. The van der Waals surface area contributed by atoms with Gasteiger partial charge in [-0.2, -0.15) is 0 Å². The minimum atomic E-state index is -0.244. The Morgan fingerprint density at radius 2 is 2.58 bits per heavy atom. The van der Waals surface area contributed by atoms with E-state index >= 15 is 0 Å². The van der Waals surface area contributed by atoms with Crippen LogP contribution in [0.3, 0.4) is 0 Å². The van der Waals surface area contributed by atoms with Gasteiger partial charge in [0, 0.05) is 6.20 Å². The first-order valence-corrected chi connectivity index (χ1v) is 3.63. The predicted octanol–water partition coefficient (Wildman–Crippen LogP) is 0.0250. The Labute approximate surface area is 69.8 Å². The number of nitrogens with two attached hydrogens (primary N) is 1. The Kier molecular flexibility index (Phi) is 1.43. The highest BCUT2D eigenvalue weighted by Gasteiger charge is 2.15. The van der Waals surface area contributed by atoms with E-state index in [4.69, 9.17) is 10.5 Å². The molecule has 0 bridgehead atoms. The van der Waals surface area contributed by atoms with Crippen molar-refractivity contribution in [3.05, 3.63) is 30.3 Å². The summed E-state index contributed by atoms with van der Waals surface area (Å²) in [6, 6.07) is 0. The molecule has 0 amide bonds. The van der Waals surface area contributed by atoms with E-state index in [-0.39, 0.29) is 6.35 Å². The Morgan fingerprint density at radius 3 is 3.08 bits per heavy atom. The zero-order valence-electron chi connectivity index (χ0n) is 6.69. The SMILES string of the molecule is Cc1cn(C2NC(N)=CO2)cn1. The Hall–Kier alpha value is -1.65. The average Bonchev–Trinajstić information content (AvgIpc) is 2.58. The first-order valence-electron chi connectivity index (χ1n) is 3.63. The van der Waals surface area contributed by atoms with Crippen LogP contribution in [0.1, 0.15) is 12.0 Å². The van der Waals surface area contributed by atoms with Crippen LogP contribution < -0.4 is 11.1 Å². The highest BCUT2D eigenvalue weighted by atomic mass is 16.5. The highest BCUT2D eigenvalue weighted by molar-refractivity contribution is 4.98. The van der Waals surface area contributed by atoms with Gasteiger partial charge in [0.15, 0.2) is 0 Å². The number of aryl methyl sites for hydroxylation is 1. The molecule has 0 radical (unpaired) electrons. The smallest absolute Gasteiger partial charge is 0.256 e. The van der Waals surface area contributed by atoms with Gasteiger partial charge < -0.3 is 15.8 Å². The quantitative estimate of drug-likeness (QED) is 0.617.